The number of rotatable bonds is 3. The number of nitrogens with one attached hydrogen (secondary N) is 2. The Balaban J connectivity index is 1.84. The zero-order chi connectivity index (χ0) is 17.6. The van der Waals surface area contributed by atoms with Crippen LogP contribution in [0.5, 0.6) is 11.5 Å². The molecule has 2 N–H and O–H groups in total. The molecule has 0 saturated carbocycles. The van der Waals surface area contributed by atoms with Gasteiger partial charge < -0.3 is 14.8 Å². The SMILES string of the molecule is CC[C@@H](C)n1[nH]c(=O)c2c1NC(=O)CS[C@@H]2c1ccc2c(c1)OCO2. The number of amides is 1. The zero-order valence-corrected chi connectivity index (χ0v) is 14.8. The van der Waals surface area contributed by atoms with Crippen molar-refractivity contribution in [3.63, 3.8) is 0 Å². The van der Waals surface area contributed by atoms with E-state index in [1.807, 2.05) is 32.0 Å². The quantitative estimate of drug-likeness (QED) is 0.878. The van der Waals surface area contributed by atoms with Gasteiger partial charge >= 0.3 is 0 Å². The normalized spacial score (nSPS) is 19.9. The molecule has 4 rings (SSSR count). The average molecular weight is 361 g/mol. The highest BCUT2D eigenvalue weighted by atomic mass is 32.2. The second kappa shape index (κ2) is 6.18. The van der Waals surface area contributed by atoms with Gasteiger partial charge in [0.15, 0.2) is 11.5 Å². The lowest BCUT2D eigenvalue weighted by molar-refractivity contribution is -0.113. The molecule has 3 heterocycles. The van der Waals surface area contributed by atoms with Crippen molar-refractivity contribution in [2.24, 2.45) is 0 Å². The topological polar surface area (TPSA) is 85.4 Å². The van der Waals surface area contributed by atoms with Crippen molar-refractivity contribution in [1.29, 1.82) is 0 Å². The predicted octanol–water partition coefficient (Wildman–Crippen LogP) is 2.65. The van der Waals surface area contributed by atoms with Gasteiger partial charge in [0.2, 0.25) is 12.7 Å². The number of aromatic nitrogens is 2. The lowest BCUT2D eigenvalue weighted by Gasteiger charge is -2.16. The van der Waals surface area contributed by atoms with Crippen molar-refractivity contribution >= 4 is 23.5 Å². The maximum atomic E-state index is 12.7. The van der Waals surface area contributed by atoms with Crippen LogP contribution in [0.1, 0.15) is 42.7 Å². The summed E-state index contributed by atoms with van der Waals surface area (Å²) in [6, 6.07) is 5.74. The van der Waals surface area contributed by atoms with E-state index in [1.54, 1.807) is 4.68 Å². The van der Waals surface area contributed by atoms with Crippen molar-refractivity contribution < 1.29 is 14.3 Å². The Morgan fingerprint density at radius 1 is 1.32 bits per heavy atom. The molecule has 2 aliphatic rings. The Morgan fingerprint density at radius 3 is 2.92 bits per heavy atom. The van der Waals surface area contributed by atoms with Gasteiger partial charge in [-0.15, -0.1) is 11.8 Å². The average Bonchev–Trinajstić information content (AvgIpc) is 3.15. The van der Waals surface area contributed by atoms with Crippen LogP contribution in [-0.2, 0) is 4.79 Å². The van der Waals surface area contributed by atoms with Crippen LogP contribution >= 0.6 is 11.8 Å². The summed E-state index contributed by atoms with van der Waals surface area (Å²) in [6.45, 7) is 4.25. The van der Waals surface area contributed by atoms with Crippen LogP contribution in [0, 0.1) is 0 Å². The highest BCUT2D eigenvalue weighted by Crippen LogP contribution is 2.43. The standard InChI is InChI=1S/C17H19N3O4S/c1-3-9(2)20-16-14(17(22)19-20)15(25-7-13(21)18-16)10-4-5-11-12(6-10)24-8-23-11/h4-6,9,15H,3,7-8H2,1-2H3,(H,18,21)(H,19,22)/t9-,15-/m1/s1. The highest BCUT2D eigenvalue weighted by molar-refractivity contribution is 8.00. The summed E-state index contributed by atoms with van der Waals surface area (Å²) in [5.74, 6) is 2.11. The number of thioether (sulfide) groups is 1. The summed E-state index contributed by atoms with van der Waals surface area (Å²) in [5.41, 5.74) is 1.32. The fourth-order valence-electron chi connectivity index (χ4n) is 3.10. The molecule has 1 aromatic heterocycles. The molecule has 2 atom stereocenters. The molecule has 0 unspecified atom stereocenters. The lowest BCUT2D eigenvalue weighted by atomic mass is 10.1. The second-order valence-corrected chi connectivity index (χ2v) is 7.28. The number of fused-ring (bicyclic) bond motifs is 2. The molecule has 0 radical (unpaired) electrons. The minimum absolute atomic E-state index is 0.0808. The van der Waals surface area contributed by atoms with E-state index < -0.39 is 0 Å². The Kier molecular flexibility index (Phi) is 3.99. The van der Waals surface area contributed by atoms with E-state index >= 15 is 0 Å². The molecule has 132 valence electrons. The van der Waals surface area contributed by atoms with E-state index in [0.29, 0.717) is 22.9 Å². The summed E-state index contributed by atoms with van der Waals surface area (Å²) in [7, 11) is 0. The van der Waals surface area contributed by atoms with Crippen LogP contribution in [-0.4, -0.2) is 28.2 Å². The summed E-state index contributed by atoms with van der Waals surface area (Å²) < 4.78 is 12.6. The minimum Gasteiger partial charge on any atom is -0.454 e. The zero-order valence-electron chi connectivity index (χ0n) is 14.0. The van der Waals surface area contributed by atoms with Gasteiger partial charge in [-0.3, -0.25) is 19.4 Å². The molecular formula is C17H19N3O4S. The Labute approximate surface area is 148 Å². The first-order valence-corrected chi connectivity index (χ1v) is 9.28. The smallest absolute Gasteiger partial charge is 0.270 e. The number of carbonyl (C=O) groups excluding carboxylic acids is 1. The van der Waals surface area contributed by atoms with Crippen LogP contribution in [0.3, 0.4) is 0 Å². The number of hydrogen-bond acceptors (Lipinski definition) is 5. The van der Waals surface area contributed by atoms with Crippen LogP contribution in [0.4, 0.5) is 5.82 Å². The molecule has 0 fully saturated rings. The van der Waals surface area contributed by atoms with Gasteiger partial charge in [-0.05, 0) is 31.0 Å². The Morgan fingerprint density at radius 2 is 2.12 bits per heavy atom. The van der Waals surface area contributed by atoms with Crippen LogP contribution < -0.4 is 20.3 Å². The maximum Gasteiger partial charge on any atom is 0.270 e. The first-order valence-electron chi connectivity index (χ1n) is 8.24. The third-order valence-corrected chi connectivity index (χ3v) is 5.86. The number of carbonyl (C=O) groups is 1. The third kappa shape index (κ3) is 2.70. The number of benzene rings is 1. The van der Waals surface area contributed by atoms with Crippen molar-refractivity contribution in [1.82, 2.24) is 9.78 Å². The van der Waals surface area contributed by atoms with Gasteiger partial charge in [0.25, 0.3) is 5.56 Å². The fourth-order valence-corrected chi connectivity index (χ4v) is 4.21. The molecule has 25 heavy (non-hydrogen) atoms. The molecule has 0 spiro atoms. The molecule has 0 aliphatic carbocycles. The molecular weight excluding hydrogens is 342 g/mol. The Bertz CT molecular complexity index is 889. The third-order valence-electron chi connectivity index (χ3n) is 4.59. The Hall–Kier alpha value is -2.35. The van der Waals surface area contributed by atoms with E-state index in [9.17, 15) is 9.59 Å². The number of H-pyrrole nitrogens is 1. The number of aromatic amines is 1. The molecule has 1 amide bonds. The number of hydrogen-bond donors (Lipinski definition) is 2. The maximum absolute atomic E-state index is 12.7. The summed E-state index contributed by atoms with van der Waals surface area (Å²) in [5, 5.41) is 5.53. The summed E-state index contributed by atoms with van der Waals surface area (Å²) in [6.07, 6.45) is 0.842. The van der Waals surface area contributed by atoms with Gasteiger partial charge in [-0.1, -0.05) is 13.0 Å². The highest BCUT2D eigenvalue weighted by Gasteiger charge is 2.32. The van der Waals surface area contributed by atoms with Gasteiger partial charge in [0, 0.05) is 6.04 Å². The van der Waals surface area contributed by atoms with Crippen LogP contribution in [0.2, 0.25) is 0 Å². The van der Waals surface area contributed by atoms with E-state index in [-0.39, 0.29) is 35.3 Å². The van der Waals surface area contributed by atoms with Gasteiger partial charge in [0.05, 0.1) is 16.6 Å². The second-order valence-electron chi connectivity index (χ2n) is 6.18. The first kappa shape index (κ1) is 16.1. The van der Waals surface area contributed by atoms with Crippen LogP contribution in [0.15, 0.2) is 23.0 Å². The molecule has 0 saturated heterocycles. The lowest BCUT2D eigenvalue weighted by Crippen LogP contribution is -2.18. The fraction of sp³-hybridized carbons (Fsp3) is 0.412. The van der Waals surface area contributed by atoms with E-state index in [1.165, 1.54) is 11.8 Å². The van der Waals surface area contributed by atoms with E-state index in [0.717, 1.165) is 12.0 Å². The van der Waals surface area contributed by atoms with E-state index in [4.69, 9.17) is 9.47 Å². The van der Waals surface area contributed by atoms with Crippen molar-refractivity contribution in [3.05, 3.63) is 39.7 Å². The molecule has 2 aromatic rings. The molecule has 1 aromatic carbocycles. The van der Waals surface area contributed by atoms with Crippen molar-refractivity contribution in [2.75, 3.05) is 17.9 Å². The monoisotopic (exact) mass is 361 g/mol. The first-order chi connectivity index (χ1) is 12.1. The van der Waals surface area contributed by atoms with Crippen LogP contribution in [0.25, 0.3) is 0 Å². The summed E-state index contributed by atoms with van der Waals surface area (Å²) in [4.78, 5) is 24.9. The number of nitrogens with zero attached hydrogens (tertiary/aromatic N) is 1. The van der Waals surface area contributed by atoms with Crippen molar-refractivity contribution in [3.8, 4) is 11.5 Å². The van der Waals surface area contributed by atoms with Gasteiger partial charge in [0.1, 0.15) is 5.82 Å². The number of anilines is 1. The molecule has 2 aliphatic heterocycles. The van der Waals surface area contributed by atoms with E-state index in [2.05, 4.69) is 10.4 Å². The number of ether oxygens (including phenoxy) is 2. The van der Waals surface area contributed by atoms with Crippen molar-refractivity contribution in [2.45, 2.75) is 31.6 Å². The minimum atomic E-state index is -0.252. The molecule has 7 nitrogen and oxygen atoms in total. The summed E-state index contributed by atoms with van der Waals surface area (Å²) >= 11 is 1.44. The van der Waals surface area contributed by atoms with Gasteiger partial charge in [-0.25, -0.2) is 0 Å². The molecule has 8 heteroatoms. The molecule has 0 bridgehead atoms. The largest absolute Gasteiger partial charge is 0.454 e. The predicted molar refractivity (Wildman–Crippen MR) is 95.6 cm³/mol. The van der Waals surface area contributed by atoms with Gasteiger partial charge in [-0.2, -0.15) is 0 Å².